The van der Waals surface area contributed by atoms with Gasteiger partial charge in [-0.2, -0.15) is 0 Å². The Morgan fingerprint density at radius 1 is 1.18 bits per heavy atom. The van der Waals surface area contributed by atoms with Gasteiger partial charge in [0.05, 0.1) is 19.9 Å². The fraction of sp³-hybridized carbons (Fsp3) is 0.273. The third-order valence-electron chi connectivity index (χ3n) is 1.92. The molecule has 1 N–H and O–H groups in total. The van der Waals surface area contributed by atoms with Crippen molar-refractivity contribution in [1.82, 2.24) is 0 Å². The van der Waals surface area contributed by atoms with Crippen LogP contribution in [0.1, 0.15) is 5.56 Å². The van der Waals surface area contributed by atoms with Gasteiger partial charge >= 0.3 is 12.2 Å². The van der Waals surface area contributed by atoms with E-state index in [9.17, 15) is 9.59 Å². The van der Waals surface area contributed by atoms with Crippen molar-refractivity contribution in [3.63, 3.8) is 0 Å². The van der Waals surface area contributed by atoms with Crippen LogP contribution in [0.15, 0.2) is 18.2 Å². The van der Waals surface area contributed by atoms with Crippen molar-refractivity contribution in [3.8, 4) is 5.75 Å². The molecule has 1 aromatic carbocycles. The minimum atomic E-state index is -0.858. The fourth-order valence-corrected chi connectivity index (χ4v) is 1.11. The zero-order valence-corrected chi connectivity index (χ0v) is 9.77. The van der Waals surface area contributed by atoms with Crippen LogP contribution < -0.4 is 10.1 Å². The van der Waals surface area contributed by atoms with Gasteiger partial charge in [-0.25, -0.2) is 9.59 Å². The van der Waals surface area contributed by atoms with Crippen LogP contribution in [-0.2, 0) is 9.47 Å². The van der Waals surface area contributed by atoms with Gasteiger partial charge in [-0.05, 0) is 24.6 Å². The Morgan fingerprint density at radius 2 is 1.88 bits per heavy atom. The van der Waals surface area contributed by atoms with E-state index >= 15 is 0 Å². The summed E-state index contributed by atoms with van der Waals surface area (Å²) in [6, 6.07) is 4.96. The van der Waals surface area contributed by atoms with E-state index < -0.39 is 12.2 Å². The van der Waals surface area contributed by atoms with Gasteiger partial charge in [0.1, 0.15) is 0 Å². The summed E-state index contributed by atoms with van der Waals surface area (Å²) in [5, 5.41) is 2.42. The number of nitrogens with one attached hydrogen (secondary N) is 1. The number of ether oxygens (including phenoxy) is 3. The fourth-order valence-electron chi connectivity index (χ4n) is 1.11. The first-order valence-electron chi connectivity index (χ1n) is 4.78. The summed E-state index contributed by atoms with van der Waals surface area (Å²) in [5.41, 5.74) is 1.20. The second-order valence-electron chi connectivity index (χ2n) is 3.17. The Morgan fingerprint density at radius 3 is 2.47 bits per heavy atom. The predicted octanol–water partition coefficient (Wildman–Crippen LogP) is 2.32. The molecule has 0 bridgehead atoms. The molecule has 0 heterocycles. The average Bonchev–Trinajstić information content (AvgIpc) is 2.32. The summed E-state index contributed by atoms with van der Waals surface area (Å²) in [5.74, 6) is 0.197. The van der Waals surface area contributed by atoms with Crippen molar-refractivity contribution in [3.05, 3.63) is 23.8 Å². The molecule has 0 aliphatic carbocycles. The van der Waals surface area contributed by atoms with Crippen molar-refractivity contribution >= 4 is 17.9 Å². The standard InChI is InChI=1S/C11H13NO5/c1-7-4-5-8(12-10(13)15-2)9(6-7)17-11(14)16-3/h4-6H,1-3H3,(H,12,13). The van der Waals surface area contributed by atoms with Crippen molar-refractivity contribution in [2.75, 3.05) is 19.5 Å². The molecule has 0 atom stereocenters. The number of benzene rings is 1. The molecule has 17 heavy (non-hydrogen) atoms. The maximum atomic E-state index is 11.1. The van der Waals surface area contributed by atoms with Gasteiger partial charge in [0.2, 0.25) is 0 Å². The van der Waals surface area contributed by atoms with Crippen LogP contribution >= 0.6 is 0 Å². The van der Waals surface area contributed by atoms with Crippen molar-refractivity contribution in [2.45, 2.75) is 6.92 Å². The monoisotopic (exact) mass is 239 g/mol. The average molecular weight is 239 g/mol. The van der Waals surface area contributed by atoms with Crippen LogP contribution in [0.3, 0.4) is 0 Å². The predicted molar refractivity (Wildman–Crippen MR) is 60.2 cm³/mol. The third kappa shape index (κ3) is 3.67. The summed E-state index contributed by atoms with van der Waals surface area (Å²) in [6.45, 7) is 1.83. The summed E-state index contributed by atoms with van der Waals surface area (Å²) < 4.78 is 13.7. The van der Waals surface area contributed by atoms with E-state index in [1.54, 1.807) is 18.2 Å². The van der Waals surface area contributed by atoms with Crippen LogP contribution in [0.2, 0.25) is 0 Å². The molecule has 1 aromatic rings. The lowest BCUT2D eigenvalue weighted by Gasteiger charge is -2.10. The largest absolute Gasteiger partial charge is 0.513 e. The third-order valence-corrected chi connectivity index (χ3v) is 1.92. The van der Waals surface area contributed by atoms with Crippen LogP contribution in [0, 0.1) is 6.92 Å². The molecule has 6 heteroatoms. The quantitative estimate of drug-likeness (QED) is 0.633. The number of carbonyl (C=O) groups is 2. The molecule has 0 spiro atoms. The van der Waals surface area contributed by atoms with Gasteiger partial charge in [0.15, 0.2) is 5.75 Å². The van der Waals surface area contributed by atoms with Gasteiger partial charge in [-0.3, -0.25) is 5.32 Å². The number of carbonyl (C=O) groups excluding carboxylic acids is 2. The second kappa shape index (κ2) is 5.74. The summed E-state index contributed by atoms with van der Waals surface area (Å²) in [6.07, 6.45) is -1.51. The highest BCUT2D eigenvalue weighted by molar-refractivity contribution is 5.87. The zero-order chi connectivity index (χ0) is 12.8. The Labute approximate surface area is 98.5 Å². The zero-order valence-electron chi connectivity index (χ0n) is 9.77. The second-order valence-corrected chi connectivity index (χ2v) is 3.17. The van der Waals surface area contributed by atoms with Crippen molar-refractivity contribution in [1.29, 1.82) is 0 Å². The Balaban J connectivity index is 2.95. The maximum Gasteiger partial charge on any atom is 0.513 e. The molecule has 0 saturated heterocycles. The summed E-state index contributed by atoms with van der Waals surface area (Å²) in [7, 11) is 2.44. The molecule has 1 amide bonds. The molecule has 0 radical (unpaired) electrons. The van der Waals surface area contributed by atoms with Gasteiger partial charge in [-0.15, -0.1) is 0 Å². The van der Waals surface area contributed by atoms with Crippen LogP contribution in [-0.4, -0.2) is 26.5 Å². The number of rotatable bonds is 2. The highest BCUT2D eigenvalue weighted by Gasteiger charge is 2.12. The lowest BCUT2D eigenvalue weighted by Crippen LogP contribution is -2.14. The molecular formula is C11H13NO5. The molecule has 0 aliphatic rings. The normalized spacial score (nSPS) is 9.35. The number of amides is 1. The van der Waals surface area contributed by atoms with E-state index in [0.717, 1.165) is 5.56 Å². The maximum absolute atomic E-state index is 11.1. The van der Waals surface area contributed by atoms with Crippen LogP contribution in [0.5, 0.6) is 5.75 Å². The molecule has 0 fully saturated rings. The minimum Gasteiger partial charge on any atom is -0.453 e. The molecule has 0 aromatic heterocycles. The van der Waals surface area contributed by atoms with Crippen molar-refractivity contribution in [2.24, 2.45) is 0 Å². The minimum absolute atomic E-state index is 0.197. The topological polar surface area (TPSA) is 73.9 Å². The van der Waals surface area contributed by atoms with Crippen LogP contribution in [0.25, 0.3) is 0 Å². The van der Waals surface area contributed by atoms with Crippen LogP contribution in [0.4, 0.5) is 15.3 Å². The van der Waals surface area contributed by atoms with E-state index in [1.807, 2.05) is 6.92 Å². The number of hydrogen-bond acceptors (Lipinski definition) is 5. The summed E-state index contributed by atoms with van der Waals surface area (Å²) in [4.78, 5) is 22.1. The van der Waals surface area contributed by atoms with E-state index in [2.05, 4.69) is 14.8 Å². The SMILES string of the molecule is COC(=O)Nc1ccc(C)cc1OC(=O)OC. The lowest BCUT2D eigenvalue weighted by molar-refractivity contribution is 0.121. The first kappa shape index (κ1) is 12.8. The number of methoxy groups -OCH3 is 2. The highest BCUT2D eigenvalue weighted by Crippen LogP contribution is 2.26. The first-order valence-corrected chi connectivity index (χ1v) is 4.78. The number of hydrogen-bond donors (Lipinski definition) is 1. The van der Waals surface area contributed by atoms with Crippen molar-refractivity contribution < 1.29 is 23.8 Å². The molecule has 1 rings (SSSR count). The Bertz CT molecular complexity index is 430. The van der Waals surface area contributed by atoms with Gasteiger partial charge < -0.3 is 14.2 Å². The number of aryl methyl sites for hydroxylation is 1. The summed E-state index contributed by atoms with van der Waals surface area (Å²) >= 11 is 0. The van der Waals surface area contributed by atoms with Gasteiger partial charge in [0, 0.05) is 0 Å². The van der Waals surface area contributed by atoms with E-state index in [0.29, 0.717) is 5.69 Å². The van der Waals surface area contributed by atoms with Gasteiger partial charge in [0.25, 0.3) is 0 Å². The Kier molecular flexibility index (Phi) is 4.33. The molecule has 0 aliphatic heterocycles. The smallest absolute Gasteiger partial charge is 0.453 e. The highest BCUT2D eigenvalue weighted by atomic mass is 16.7. The molecule has 0 unspecified atom stereocenters. The molecule has 92 valence electrons. The van der Waals surface area contributed by atoms with E-state index in [1.165, 1.54) is 14.2 Å². The lowest BCUT2D eigenvalue weighted by atomic mass is 10.2. The Hall–Kier alpha value is -2.24. The van der Waals surface area contributed by atoms with E-state index in [-0.39, 0.29) is 5.75 Å². The molecular weight excluding hydrogens is 226 g/mol. The molecule has 6 nitrogen and oxygen atoms in total. The van der Waals surface area contributed by atoms with E-state index in [4.69, 9.17) is 4.74 Å². The molecule has 0 saturated carbocycles. The number of anilines is 1. The van der Waals surface area contributed by atoms with Gasteiger partial charge in [-0.1, -0.05) is 6.07 Å². The first-order chi connectivity index (χ1) is 8.06.